The monoisotopic (exact) mass is 782 g/mol. The summed E-state index contributed by atoms with van der Waals surface area (Å²) in [6.45, 7) is -0.0614. The lowest BCUT2D eigenvalue weighted by Gasteiger charge is -2.24. The van der Waals surface area contributed by atoms with Crippen LogP contribution in [0.15, 0.2) is 35.3 Å². The number of hydrogen-bond donors (Lipinski definition) is 11. The zero-order chi connectivity index (χ0) is 39.8. The Morgan fingerprint density at radius 3 is 1.85 bits per heavy atom. The normalized spacial score (nSPS) is 12.7. The number of nitrogens with zero attached hydrogens (tertiary/aromatic N) is 1. The van der Waals surface area contributed by atoms with Crippen LogP contribution >= 0.6 is 21.6 Å². The number of hydrogen-bond acceptors (Lipinski definition) is 12. The van der Waals surface area contributed by atoms with Crippen molar-refractivity contribution in [2.75, 3.05) is 44.7 Å². The second-order valence-electron chi connectivity index (χ2n) is 11.2. The van der Waals surface area contributed by atoms with Crippen molar-refractivity contribution in [3.8, 4) is 0 Å². The second-order valence-corrected chi connectivity index (χ2v) is 13.8. The summed E-state index contributed by atoms with van der Waals surface area (Å²) in [6, 6.07) is 4.28. The molecule has 0 heterocycles. The molecule has 1 aromatic rings. The molecule has 0 saturated heterocycles. The Balaban J connectivity index is 3.03. The van der Waals surface area contributed by atoms with Gasteiger partial charge in [-0.05, 0) is 31.1 Å². The lowest BCUT2D eigenvalue weighted by Crippen LogP contribution is -2.57. The van der Waals surface area contributed by atoms with Gasteiger partial charge in [-0.2, -0.15) is 0 Å². The van der Waals surface area contributed by atoms with Crippen LogP contribution in [0.25, 0.3) is 0 Å². The molecule has 0 spiro atoms. The summed E-state index contributed by atoms with van der Waals surface area (Å²) in [7, 11) is 2.72. The Kier molecular flexibility index (Phi) is 22.4. The zero-order valence-corrected chi connectivity index (χ0v) is 31.2. The molecule has 294 valence electrons. The lowest BCUT2D eigenvalue weighted by atomic mass is 10.0. The molecule has 0 aliphatic rings. The predicted molar refractivity (Wildman–Crippen MR) is 201 cm³/mol. The van der Waals surface area contributed by atoms with Crippen molar-refractivity contribution in [2.45, 2.75) is 56.8 Å². The highest BCUT2D eigenvalue weighted by Gasteiger charge is 2.28. The number of carbonyl (C=O) groups excluding carboxylic acids is 8. The quantitative estimate of drug-likeness (QED) is 0.0193. The smallest absolute Gasteiger partial charge is 0.243 e. The van der Waals surface area contributed by atoms with Crippen molar-refractivity contribution in [2.24, 2.45) is 27.9 Å². The van der Waals surface area contributed by atoms with Gasteiger partial charge in [0.15, 0.2) is 5.96 Å². The number of guanidine groups is 1. The molecule has 0 saturated carbocycles. The van der Waals surface area contributed by atoms with Crippen LogP contribution in [-0.4, -0.2) is 122 Å². The van der Waals surface area contributed by atoms with E-state index in [2.05, 4.69) is 42.2 Å². The summed E-state index contributed by atoms with van der Waals surface area (Å²) in [5.41, 5.74) is 22.0. The molecule has 53 heavy (non-hydrogen) atoms. The molecular weight excluding hydrogens is 733 g/mol. The highest BCUT2D eigenvalue weighted by molar-refractivity contribution is 8.76. The van der Waals surface area contributed by atoms with Crippen molar-refractivity contribution in [3.63, 3.8) is 0 Å². The first-order chi connectivity index (χ1) is 25.2. The fraction of sp³-hybridized carbons (Fsp3) is 0.516. The largest absolute Gasteiger partial charge is 0.370 e. The average molecular weight is 783 g/mol. The Morgan fingerprint density at radius 1 is 0.698 bits per heavy atom. The molecule has 15 N–H and O–H groups in total. The maximum atomic E-state index is 13.6. The number of amides is 8. The minimum absolute atomic E-state index is 0.00182. The third kappa shape index (κ3) is 19.9. The average Bonchev–Trinajstić information content (AvgIpc) is 3.13. The van der Waals surface area contributed by atoms with E-state index in [1.165, 1.54) is 21.6 Å². The van der Waals surface area contributed by atoms with E-state index in [0.29, 0.717) is 5.56 Å². The third-order valence-electron chi connectivity index (χ3n) is 7.09. The number of nitrogens with one attached hydrogen (secondary N) is 7. The topological polar surface area (TPSA) is 337 Å². The number of benzene rings is 1. The van der Waals surface area contributed by atoms with Crippen LogP contribution in [-0.2, 0) is 44.8 Å². The van der Waals surface area contributed by atoms with Crippen LogP contribution in [0.2, 0.25) is 0 Å². The molecule has 20 nitrogen and oxygen atoms in total. The van der Waals surface area contributed by atoms with Crippen LogP contribution in [0.5, 0.6) is 0 Å². The van der Waals surface area contributed by atoms with Gasteiger partial charge in [-0.1, -0.05) is 58.8 Å². The van der Waals surface area contributed by atoms with E-state index in [0.717, 1.165) is 0 Å². The summed E-state index contributed by atoms with van der Waals surface area (Å²) >= 11 is 0. The van der Waals surface area contributed by atoms with Gasteiger partial charge < -0.3 is 60.2 Å². The Bertz CT molecular complexity index is 1430. The minimum atomic E-state index is -1.23. The van der Waals surface area contributed by atoms with E-state index in [9.17, 15) is 38.4 Å². The molecular formula is C31H50N12O8S2. The fourth-order valence-electron chi connectivity index (χ4n) is 4.33. The van der Waals surface area contributed by atoms with Crippen LogP contribution in [0, 0.1) is 0 Å². The van der Waals surface area contributed by atoms with Gasteiger partial charge in [0, 0.05) is 18.7 Å². The molecule has 1 rings (SSSR count). The molecule has 0 aromatic heterocycles. The molecule has 8 amide bonds. The third-order valence-corrected chi connectivity index (χ3v) is 8.91. The van der Waals surface area contributed by atoms with E-state index in [4.69, 9.17) is 22.9 Å². The summed E-state index contributed by atoms with van der Waals surface area (Å²) in [5.74, 6) is -5.50. The van der Waals surface area contributed by atoms with Gasteiger partial charge in [0.05, 0.1) is 26.2 Å². The van der Waals surface area contributed by atoms with Gasteiger partial charge in [-0.25, -0.2) is 0 Å². The van der Waals surface area contributed by atoms with Crippen molar-refractivity contribution in [3.05, 3.63) is 35.9 Å². The van der Waals surface area contributed by atoms with Crippen molar-refractivity contribution in [1.29, 1.82) is 0 Å². The standard InChI is InChI=1S/C31H50N12O8S2/c1-3-19(29(50)43-22(27(33)48)17-53-52-2)40-26(47)16-39-28(49)21(12-18-8-5-4-6-9-18)42-30(51)20(10-7-11-36-31(34)35)41-25(46)15-38-24(45)14-37-23(44)13-32/h4-6,8-9,19-22H,3,7,10-17,32H2,1-2H3,(H2,33,48)(H,37,44)(H,38,45)(H,39,49)(H,40,47)(H,41,46)(H,42,51)(H,43,50)(H4,34,35,36)/t19-,20-,21-,22-/m0/s1. The summed E-state index contributed by atoms with van der Waals surface area (Å²) in [4.78, 5) is 104. The van der Waals surface area contributed by atoms with Crippen molar-refractivity contribution in [1.82, 2.24) is 37.2 Å². The predicted octanol–water partition coefficient (Wildman–Crippen LogP) is -4.56. The van der Waals surface area contributed by atoms with E-state index in [1.54, 1.807) is 43.5 Å². The molecule has 1 aromatic carbocycles. The van der Waals surface area contributed by atoms with Crippen LogP contribution in [0.1, 0.15) is 31.7 Å². The van der Waals surface area contributed by atoms with Crippen molar-refractivity contribution >= 4 is 74.8 Å². The molecule has 0 unspecified atom stereocenters. The first-order valence-corrected chi connectivity index (χ1v) is 19.2. The molecule has 0 radical (unpaired) electrons. The molecule has 0 bridgehead atoms. The second kappa shape index (κ2) is 25.8. The van der Waals surface area contributed by atoms with Gasteiger partial charge in [-0.15, -0.1) is 0 Å². The lowest BCUT2D eigenvalue weighted by molar-refractivity contribution is -0.133. The number of primary amides is 1. The van der Waals surface area contributed by atoms with Gasteiger partial charge in [0.1, 0.15) is 24.2 Å². The zero-order valence-electron chi connectivity index (χ0n) is 29.6. The first-order valence-electron chi connectivity index (χ1n) is 16.4. The number of nitrogens with two attached hydrogens (primary N) is 4. The molecule has 0 aliphatic carbocycles. The number of carbonyl (C=O) groups is 8. The summed E-state index contributed by atoms with van der Waals surface area (Å²) < 4.78 is 0. The first kappa shape index (κ1) is 45.9. The van der Waals surface area contributed by atoms with Gasteiger partial charge in [-0.3, -0.25) is 43.3 Å². The maximum absolute atomic E-state index is 13.6. The van der Waals surface area contributed by atoms with Gasteiger partial charge in [0.25, 0.3) is 0 Å². The Labute approximate surface area is 315 Å². The number of rotatable bonds is 25. The van der Waals surface area contributed by atoms with Crippen LogP contribution < -0.4 is 60.2 Å². The maximum Gasteiger partial charge on any atom is 0.243 e. The molecule has 22 heteroatoms. The Morgan fingerprint density at radius 2 is 1.26 bits per heavy atom. The van der Waals surface area contributed by atoms with Gasteiger partial charge in [0.2, 0.25) is 47.3 Å². The minimum Gasteiger partial charge on any atom is -0.370 e. The summed E-state index contributed by atoms with van der Waals surface area (Å²) in [6.07, 6.45) is 2.25. The van der Waals surface area contributed by atoms with Gasteiger partial charge >= 0.3 is 0 Å². The SMILES string of the molecule is CC[C@H](NC(=O)CNC(=O)[C@H](Cc1ccccc1)NC(=O)[C@H](CCCN=C(N)N)NC(=O)CNC(=O)CNC(=O)CN)C(=O)N[C@@H](CSSC)C(N)=O. The van der Waals surface area contributed by atoms with E-state index < -0.39 is 91.1 Å². The highest BCUT2D eigenvalue weighted by atomic mass is 33.1. The van der Waals surface area contributed by atoms with E-state index >= 15 is 0 Å². The highest BCUT2D eigenvalue weighted by Crippen LogP contribution is 2.17. The van der Waals surface area contributed by atoms with Crippen LogP contribution in [0.3, 0.4) is 0 Å². The number of aliphatic imine (C=N–C) groups is 1. The fourth-order valence-corrected chi connectivity index (χ4v) is 5.67. The molecule has 0 aliphatic heterocycles. The molecule has 0 fully saturated rings. The molecule has 4 atom stereocenters. The summed E-state index contributed by atoms with van der Waals surface area (Å²) in [5, 5.41) is 17.2. The van der Waals surface area contributed by atoms with Crippen LogP contribution in [0.4, 0.5) is 0 Å². The van der Waals surface area contributed by atoms with E-state index in [1.807, 2.05) is 0 Å². The van der Waals surface area contributed by atoms with Crippen molar-refractivity contribution < 1.29 is 38.4 Å². The Hall–Kier alpha value is -5.09. The van der Waals surface area contributed by atoms with E-state index in [-0.39, 0.29) is 50.5 Å².